The molecule has 5 heteroatoms. The second-order valence-electron chi connectivity index (χ2n) is 4.17. The predicted molar refractivity (Wildman–Crippen MR) is 71.5 cm³/mol. The van der Waals surface area contributed by atoms with Gasteiger partial charge >= 0.3 is 0 Å². The Morgan fingerprint density at radius 1 is 0.947 bits per heavy atom. The summed E-state index contributed by atoms with van der Waals surface area (Å²) in [7, 11) is 0. The van der Waals surface area contributed by atoms with Crippen LogP contribution in [-0.4, -0.2) is 5.11 Å². The van der Waals surface area contributed by atoms with Crippen LogP contribution in [0.5, 0.6) is 0 Å². The lowest BCUT2D eigenvalue weighted by Gasteiger charge is -2.12. The number of rotatable bonds is 3. The maximum absolute atomic E-state index is 13.1. The van der Waals surface area contributed by atoms with Crippen LogP contribution in [0.2, 0.25) is 10.0 Å². The Morgan fingerprint density at radius 3 is 2.16 bits per heavy atom. The number of aliphatic hydroxyl groups is 1. The van der Waals surface area contributed by atoms with Gasteiger partial charge in [0.1, 0.15) is 0 Å². The van der Waals surface area contributed by atoms with Gasteiger partial charge in [-0.2, -0.15) is 0 Å². The molecule has 0 fully saturated rings. The maximum atomic E-state index is 13.1. The highest BCUT2D eigenvalue weighted by Gasteiger charge is 2.12. The van der Waals surface area contributed by atoms with Gasteiger partial charge in [0.15, 0.2) is 11.6 Å². The van der Waals surface area contributed by atoms with Crippen molar-refractivity contribution in [1.82, 2.24) is 0 Å². The van der Waals surface area contributed by atoms with E-state index >= 15 is 0 Å². The number of hydrogen-bond acceptors (Lipinski definition) is 1. The zero-order valence-electron chi connectivity index (χ0n) is 9.71. The average Bonchev–Trinajstić information content (AvgIpc) is 2.32. The van der Waals surface area contributed by atoms with Gasteiger partial charge in [-0.1, -0.05) is 29.3 Å². The minimum Gasteiger partial charge on any atom is -0.388 e. The van der Waals surface area contributed by atoms with Crippen LogP contribution in [0.25, 0.3) is 0 Å². The lowest BCUT2D eigenvalue weighted by molar-refractivity contribution is 0.178. The molecule has 0 radical (unpaired) electrons. The van der Waals surface area contributed by atoms with E-state index in [9.17, 15) is 13.9 Å². The first-order valence-electron chi connectivity index (χ1n) is 5.53. The minimum atomic E-state index is -0.936. The van der Waals surface area contributed by atoms with E-state index in [1.165, 1.54) is 6.07 Å². The third kappa shape index (κ3) is 3.66. The molecule has 100 valence electrons. The molecule has 2 aromatic rings. The molecule has 19 heavy (non-hydrogen) atoms. The third-order valence-corrected chi connectivity index (χ3v) is 3.12. The lowest BCUT2D eigenvalue weighted by Crippen LogP contribution is -2.02. The van der Waals surface area contributed by atoms with Crippen LogP contribution in [0.15, 0.2) is 36.4 Å². The standard InChI is InChI=1S/C14H10Cl2F2O/c15-10-5-9(6-11(16)7-10)14(19)4-8-1-2-12(17)13(18)3-8/h1-3,5-7,14,19H,4H2. The van der Waals surface area contributed by atoms with Gasteiger partial charge in [-0.05, 0) is 41.5 Å². The minimum absolute atomic E-state index is 0.147. The van der Waals surface area contributed by atoms with Crippen LogP contribution in [-0.2, 0) is 6.42 Å². The molecular formula is C14H10Cl2F2O. The first kappa shape index (κ1) is 14.3. The molecule has 0 aromatic heterocycles. The van der Waals surface area contributed by atoms with Crippen molar-refractivity contribution in [2.45, 2.75) is 12.5 Å². The first-order valence-corrected chi connectivity index (χ1v) is 6.29. The number of halogens is 4. The SMILES string of the molecule is OC(Cc1ccc(F)c(F)c1)c1cc(Cl)cc(Cl)c1. The molecule has 2 aromatic carbocycles. The molecule has 1 N–H and O–H groups in total. The second kappa shape index (κ2) is 5.87. The summed E-state index contributed by atoms with van der Waals surface area (Å²) in [6.07, 6.45) is -0.741. The molecule has 1 nitrogen and oxygen atoms in total. The Morgan fingerprint density at radius 2 is 1.58 bits per heavy atom. The van der Waals surface area contributed by atoms with Crippen molar-refractivity contribution >= 4 is 23.2 Å². The van der Waals surface area contributed by atoms with Crippen molar-refractivity contribution in [3.8, 4) is 0 Å². The summed E-state index contributed by atoms with van der Waals surface area (Å²) < 4.78 is 25.9. The van der Waals surface area contributed by atoms with Crippen LogP contribution in [0.1, 0.15) is 17.2 Å². The highest BCUT2D eigenvalue weighted by Crippen LogP contribution is 2.26. The van der Waals surface area contributed by atoms with Crippen molar-refractivity contribution in [2.75, 3.05) is 0 Å². The largest absolute Gasteiger partial charge is 0.388 e. The quantitative estimate of drug-likeness (QED) is 0.882. The van der Waals surface area contributed by atoms with Crippen LogP contribution in [0, 0.1) is 11.6 Å². The van der Waals surface area contributed by atoms with E-state index in [4.69, 9.17) is 23.2 Å². The molecule has 0 spiro atoms. The Hall–Kier alpha value is -1.16. The molecule has 0 amide bonds. The average molecular weight is 303 g/mol. The Labute approximate surface area is 119 Å². The molecule has 2 rings (SSSR count). The Kier molecular flexibility index (Phi) is 4.40. The van der Waals surface area contributed by atoms with Crippen molar-refractivity contribution < 1.29 is 13.9 Å². The fraction of sp³-hybridized carbons (Fsp3) is 0.143. The van der Waals surface area contributed by atoms with E-state index in [-0.39, 0.29) is 6.42 Å². The van der Waals surface area contributed by atoms with Crippen LogP contribution in [0.4, 0.5) is 8.78 Å². The zero-order valence-corrected chi connectivity index (χ0v) is 11.2. The molecule has 1 unspecified atom stereocenters. The van der Waals surface area contributed by atoms with Crippen LogP contribution < -0.4 is 0 Å². The van der Waals surface area contributed by atoms with Gasteiger partial charge in [-0.25, -0.2) is 8.78 Å². The lowest BCUT2D eigenvalue weighted by atomic mass is 10.0. The van der Waals surface area contributed by atoms with Gasteiger partial charge in [0.05, 0.1) is 6.10 Å². The highest BCUT2D eigenvalue weighted by molar-refractivity contribution is 6.34. The molecule has 0 aliphatic carbocycles. The van der Waals surface area contributed by atoms with Crippen molar-refractivity contribution in [1.29, 1.82) is 0 Å². The van der Waals surface area contributed by atoms with E-state index in [1.807, 2.05) is 0 Å². The summed E-state index contributed by atoms with van der Waals surface area (Å²) in [5.74, 6) is -1.85. The molecule has 0 aliphatic heterocycles. The summed E-state index contributed by atoms with van der Waals surface area (Å²) in [6.45, 7) is 0. The summed E-state index contributed by atoms with van der Waals surface area (Å²) in [5.41, 5.74) is 1.02. The molecular weight excluding hydrogens is 293 g/mol. The maximum Gasteiger partial charge on any atom is 0.159 e. The van der Waals surface area contributed by atoms with Gasteiger partial charge in [0.2, 0.25) is 0 Å². The van der Waals surface area contributed by atoms with Crippen molar-refractivity contribution in [3.05, 3.63) is 69.2 Å². The first-order chi connectivity index (χ1) is 8.95. The van der Waals surface area contributed by atoms with E-state index in [1.54, 1.807) is 18.2 Å². The van der Waals surface area contributed by atoms with Crippen LogP contribution >= 0.6 is 23.2 Å². The van der Waals surface area contributed by atoms with Gasteiger partial charge in [0.25, 0.3) is 0 Å². The summed E-state index contributed by atoms with van der Waals surface area (Å²) in [4.78, 5) is 0. The molecule has 0 saturated carbocycles. The number of hydrogen-bond donors (Lipinski definition) is 1. The van der Waals surface area contributed by atoms with Crippen molar-refractivity contribution in [2.24, 2.45) is 0 Å². The van der Waals surface area contributed by atoms with E-state index in [2.05, 4.69) is 0 Å². The summed E-state index contributed by atoms with van der Waals surface area (Å²) >= 11 is 11.7. The predicted octanol–water partition coefficient (Wildman–Crippen LogP) is 4.55. The smallest absolute Gasteiger partial charge is 0.159 e. The van der Waals surface area contributed by atoms with E-state index in [0.717, 1.165) is 12.1 Å². The van der Waals surface area contributed by atoms with Gasteiger partial charge in [-0.15, -0.1) is 0 Å². The fourth-order valence-electron chi connectivity index (χ4n) is 1.78. The molecule has 0 saturated heterocycles. The monoisotopic (exact) mass is 302 g/mol. The Bertz CT molecular complexity index is 582. The van der Waals surface area contributed by atoms with Gasteiger partial charge in [0, 0.05) is 16.5 Å². The second-order valence-corrected chi connectivity index (χ2v) is 5.04. The highest BCUT2D eigenvalue weighted by atomic mass is 35.5. The molecule has 0 aliphatic rings. The summed E-state index contributed by atoms with van der Waals surface area (Å²) in [6, 6.07) is 8.23. The fourth-order valence-corrected chi connectivity index (χ4v) is 2.32. The van der Waals surface area contributed by atoms with Gasteiger partial charge in [-0.3, -0.25) is 0 Å². The van der Waals surface area contributed by atoms with Crippen LogP contribution in [0.3, 0.4) is 0 Å². The number of benzene rings is 2. The molecule has 0 bridgehead atoms. The van der Waals surface area contributed by atoms with E-state index in [0.29, 0.717) is 21.2 Å². The topological polar surface area (TPSA) is 20.2 Å². The molecule has 0 heterocycles. The zero-order chi connectivity index (χ0) is 14.0. The van der Waals surface area contributed by atoms with Crippen molar-refractivity contribution in [3.63, 3.8) is 0 Å². The normalized spacial score (nSPS) is 12.5. The number of aliphatic hydroxyl groups excluding tert-OH is 1. The third-order valence-electron chi connectivity index (χ3n) is 2.68. The van der Waals surface area contributed by atoms with E-state index < -0.39 is 17.7 Å². The Balaban J connectivity index is 2.20. The molecule has 1 atom stereocenters. The summed E-state index contributed by atoms with van der Waals surface area (Å²) in [5, 5.41) is 10.9. The van der Waals surface area contributed by atoms with Gasteiger partial charge < -0.3 is 5.11 Å².